The van der Waals surface area contributed by atoms with Gasteiger partial charge in [0.15, 0.2) is 11.5 Å². The lowest BCUT2D eigenvalue weighted by Gasteiger charge is -2.27. The van der Waals surface area contributed by atoms with Gasteiger partial charge in [-0.1, -0.05) is 13.8 Å². The van der Waals surface area contributed by atoms with Crippen molar-refractivity contribution in [2.24, 2.45) is 5.92 Å². The van der Waals surface area contributed by atoms with Crippen LogP contribution in [0.3, 0.4) is 0 Å². The average molecular weight is 298 g/mol. The molecule has 4 heteroatoms. The molecular weight excluding hydrogens is 276 g/mol. The largest absolute Gasteiger partial charge is 0.493 e. The van der Waals surface area contributed by atoms with E-state index in [-0.39, 0.29) is 0 Å². The number of nitrogens with zero attached hydrogens (tertiary/aromatic N) is 2. The van der Waals surface area contributed by atoms with Crippen molar-refractivity contribution >= 4 is 22.7 Å². The van der Waals surface area contributed by atoms with Crippen LogP contribution < -0.4 is 14.4 Å². The lowest BCUT2D eigenvalue weighted by molar-refractivity contribution is 0.358. The molecule has 116 valence electrons. The Labute approximate surface area is 131 Å². The Bertz CT molecular complexity index is 723. The number of benzene rings is 1. The summed E-state index contributed by atoms with van der Waals surface area (Å²) in [6.07, 6.45) is 7.26. The van der Waals surface area contributed by atoms with E-state index in [1.807, 2.05) is 12.3 Å². The van der Waals surface area contributed by atoms with Crippen LogP contribution >= 0.6 is 0 Å². The summed E-state index contributed by atoms with van der Waals surface area (Å²) in [5.41, 5.74) is 3.16. The number of pyridine rings is 1. The summed E-state index contributed by atoms with van der Waals surface area (Å²) in [5, 5.41) is 1.13. The van der Waals surface area contributed by atoms with Crippen LogP contribution in [-0.2, 0) is 0 Å². The number of aromatic nitrogens is 1. The van der Waals surface area contributed by atoms with Crippen LogP contribution in [0.5, 0.6) is 11.5 Å². The monoisotopic (exact) mass is 298 g/mol. The first-order valence-electron chi connectivity index (χ1n) is 7.64. The van der Waals surface area contributed by atoms with Crippen molar-refractivity contribution in [2.75, 3.05) is 25.7 Å². The van der Waals surface area contributed by atoms with Gasteiger partial charge in [0.2, 0.25) is 0 Å². The highest BCUT2D eigenvalue weighted by molar-refractivity contribution is 6.04. The van der Waals surface area contributed by atoms with Crippen LogP contribution in [0.25, 0.3) is 17.0 Å². The predicted molar refractivity (Wildman–Crippen MR) is 90.7 cm³/mol. The average Bonchev–Trinajstić information content (AvgIpc) is 2.53. The highest BCUT2D eigenvalue weighted by atomic mass is 16.5. The highest BCUT2D eigenvalue weighted by Crippen LogP contribution is 2.43. The molecule has 2 aromatic rings. The zero-order chi connectivity index (χ0) is 15.7. The van der Waals surface area contributed by atoms with Crippen molar-refractivity contribution < 1.29 is 9.47 Å². The number of hydrogen-bond acceptors (Lipinski definition) is 4. The van der Waals surface area contributed by atoms with E-state index < -0.39 is 0 Å². The fourth-order valence-corrected chi connectivity index (χ4v) is 2.87. The Hall–Kier alpha value is -2.23. The fourth-order valence-electron chi connectivity index (χ4n) is 2.87. The second-order valence-corrected chi connectivity index (χ2v) is 5.95. The van der Waals surface area contributed by atoms with Gasteiger partial charge < -0.3 is 14.4 Å². The topological polar surface area (TPSA) is 34.6 Å². The van der Waals surface area contributed by atoms with Crippen LogP contribution in [-0.4, -0.2) is 25.7 Å². The smallest absolute Gasteiger partial charge is 0.187 e. The van der Waals surface area contributed by atoms with E-state index in [0.29, 0.717) is 11.7 Å². The van der Waals surface area contributed by atoms with Gasteiger partial charge in [0.1, 0.15) is 5.52 Å². The SMILES string of the molecule is COc1cc2c3c(ccnc3c1OC)N(CCC(C)C)C=C2. The molecule has 0 atom stereocenters. The molecule has 1 aromatic carbocycles. The minimum Gasteiger partial charge on any atom is -0.493 e. The van der Waals surface area contributed by atoms with E-state index in [1.165, 1.54) is 5.69 Å². The molecule has 4 nitrogen and oxygen atoms in total. The number of rotatable bonds is 5. The summed E-state index contributed by atoms with van der Waals surface area (Å²) in [6, 6.07) is 4.09. The van der Waals surface area contributed by atoms with Crippen LogP contribution in [0.4, 0.5) is 5.69 Å². The van der Waals surface area contributed by atoms with Crippen LogP contribution in [0.1, 0.15) is 25.8 Å². The van der Waals surface area contributed by atoms with E-state index in [1.54, 1.807) is 14.2 Å². The molecule has 0 unspecified atom stereocenters. The fraction of sp³-hybridized carbons (Fsp3) is 0.389. The summed E-state index contributed by atoms with van der Waals surface area (Å²) < 4.78 is 11.0. The summed E-state index contributed by atoms with van der Waals surface area (Å²) in [6.45, 7) is 5.50. The van der Waals surface area contributed by atoms with E-state index in [9.17, 15) is 0 Å². The van der Waals surface area contributed by atoms with E-state index in [4.69, 9.17) is 9.47 Å². The summed E-state index contributed by atoms with van der Waals surface area (Å²) in [5.74, 6) is 2.09. The minimum absolute atomic E-state index is 0.678. The molecule has 0 bridgehead atoms. The Morgan fingerprint density at radius 1 is 1.23 bits per heavy atom. The first-order chi connectivity index (χ1) is 10.7. The zero-order valence-corrected chi connectivity index (χ0v) is 13.6. The lowest BCUT2D eigenvalue weighted by atomic mass is 10.0. The highest BCUT2D eigenvalue weighted by Gasteiger charge is 2.21. The van der Waals surface area contributed by atoms with Crippen molar-refractivity contribution in [2.45, 2.75) is 20.3 Å². The van der Waals surface area contributed by atoms with Gasteiger partial charge in [-0.2, -0.15) is 0 Å². The molecule has 3 rings (SSSR count). The maximum atomic E-state index is 5.53. The molecule has 1 aliphatic heterocycles. The normalized spacial score (nSPS) is 13.0. The molecule has 22 heavy (non-hydrogen) atoms. The quantitative estimate of drug-likeness (QED) is 0.832. The maximum absolute atomic E-state index is 5.53. The van der Waals surface area contributed by atoms with Crippen molar-refractivity contribution in [1.82, 2.24) is 4.98 Å². The Morgan fingerprint density at radius 3 is 2.73 bits per heavy atom. The van der Waals surface area contributed by atoms with Crippen LogP contribution in [0, 0.1) is 5.92 Å². The van der Waals surface area contributed by atoms with Crippen LogP contribution in [0.15, 0.2) is 24.5 Å². The molecule has 0 spiro atoms. The zero-order valence-electron chi connectivity index (χ0n) is 13.6. The van der Waals surface area contributed by atoms with E-state index in [0.717, 1.165) is 35.2 Å². The third-order valence-electron chi connectivity index (χ3n) is 4.06. The molecule has 2 heterocycles. The molecular formula is C18H22N2O2. The van der Waals surface area contributed by atoms with Gasteiger partial charge in [-0.25, -0.2) is 0 Å². The van der Waals surface area contributed by atoms with Gasteiger partial charge in [0.25, 0.3) is 0 Å². The molecule has 0 saturated carbocycles. The maximum Gasteiger partial charge on any atom is 0.187 e. The lowest BCUT2D eigenvalue weighted by Crippen LogP contribution is -2.21. The molecule has 1 aliphatic rings. The molecule has 0 amide bonds. The molecule has 0 fully saturated rings. The van der Waals surface area contributed by atoms with Gasteiger partial charge in [-0.05, 0) is 36.1 Å². The van der Waals surface area contributed by atoms with Gasteiger partial charge in [0, 0.05) is 24.3 Å². The first kappa shape index (κ1) is 14.7. The summed E-state index contributed by atoms with van der Waals surface area (Å²) in [7, 11) is 3.31. The number of ether oxygens (including phenoxy) is 2. The third-order valence-corrected chi connectivity index (χ3v) is 4.06. The van der Waals surface area contributed by atoms with Crippen molar-refractivity contribution in [3.63, 3.8) is 0 Å². The standard InChI is InChI=1S/C18H22N2O2/c1-12(2)6-9-20-10-7-13-11-15(21-3)18(22-4)17-16(13)14(20)5-8-19-17/h5,7-8,10-12H,6,9H2,1-4H3. The minimum atomic E-state index is 0.678. The van der Waals surface area contributed by atoms with Crippen molar-refractivity contribution in [3.8, 4) is 11.5 Å². The first-order valence-corrected chi connectivity index (χ1v) is 7.64. The number of hydrogen-bond donors (Lipinski definition) is 0. The molecule has 0 N–H and O–H groups in total. The van der Waals surface area contributed by atoms with Gasteiger partial charge >= 0.3 is 0 Å². The second kappa shape index (κ2) is 5.87. The molecule has 1 aromatic heterocycles. The molecule has 0 saturated heterocycles. The molecule has 0 aliphatic carbocycles. The number of methoxy groups -OCH3 is 2. The Balaban J connectivity index is 2.15. The second-order valence-electron chi connectivity index (χ2n) is 5.95. The third kappa shape index (κ3) is 2.39. The summed E-state index contributed by atoms with van der Waals surface area (Å²) >= 11 is 0. The predicted octanol–water partition coefficient (Wildman–Crippen LogP) is 4.09. The van der Waals surface area contributed by atoms with Gasteiger partial charge in [0.05, 0.1) is 19.9 Å². The summed E-state index contributed by atoms with van der Waals surface area (Å²) in [4.78, 5) is 6.82. The van der Waals surface area contributed by atoms with E-state index in [2.05, 4.69) is 42.1 Å². The van der Waals surface area contributed by atoms with Gasteiger partial charge in [-0.3, -0.25) is 4.98 Å². The van der Waals surface area contributed by atoms with Gasteiger partial charge in [-0.15, -0.1) is 0 Å². The van der Waals surface area contributed by atoms with Crippen molar-refractivity contribution in [1.29, 1.82) is 0 Å². The Kier molecular flexibility index (Phi) is 3.92. The van der Waals surface area contributed by atoms with Crippen LogP contribution in [0.2, 0.25) is 0 Å². The Morgan fingerprint density at radius 2 is 2.05 bits per heavy atom. The number of anilines is 1. The van der Waals surface area contributed by atoms with E-state index >= 15 is 0 Å². The molecule has 0 radical (unpaired) electrons. The van der Waals surface area contributed by atoms with Crippen molar-refractivity contribution in [3.05, 3.63) is 30.1 Å².